The Hall–Kier alpha value is -1.75. The van der Waals surface area contributed by atoms with Crippen molar-refractivity contribution in [2.75, 3.05) is 19.6 Å². The number of amides is 1. The number of nitrogens with zero attached hydrogens (tertiary/aromatic N) is 1. The first-order valence-corrected chi connectivity index (χ1v) is 6.17. The molecule has 5 heteroatoms. The van der Waals surface area contributed by atoms with Crippen LogP contribution in [0.25, 0.3) is 0 Å². The topological polar surface area (TPSA) is 72.8 Å². The van der Waals surface area contributed by atoms with Gasteiger partial charge in [0.05, 0.1) is 6.04 Å². The molecule has 0 aromatic heterocycles. The Morgan fingerprint density at radius 3 is 2.61 bits per heavy atom. The molecule has 0 bridgehead atoms. The fourth-order valence-corrected chi connectivity index (χ4v) is 2.01. The van der Waals surface area contributed by atoms with E-state index in [1.54, 1.807) is 0 Å². The molecule has 0 radical (unpaired) electrons. The van der Waals surface area contributed by atoms with Crippen LogP contribution in [-0.2, 0) is 0 Å². The number of hydrogen-bond acceptors (Lipinski definition) is 4. The Kier molecular flexibility index (Phi) is 3.72. The number of carbonyl (C=O) groups is 1. The van der Waals surface area contributed by atoms with Crippen LogP contribution in [0.1, 0.15) is 23.7 Å². The molecule has 0 unspecified atom stereocenters. The van der Waals surface area contributed by atoms with Crippen LogP contribution in [-0.4, -0.2) is 46.7 Å². The normalized spacial score (nSPS) is 15.2. The van der Waals surface area contributed by atoms with E-state index in [1.807, 2.05) is 11.8 Å². The Morgan fingerprint density at radius 2 is 2.11 bits per heavy atom. The zero-order valence-electron chi connectivity index (χ0n) is 10.4. The molecule has 0 aliphatic carbocycles. The van der Waals surface area contributed by atoms with Gasteiger partial charge in [-0.05, 0) is 24.6 Å². The van der Waals surface area contributed by atoms with Crippen LogP contribution in [0.5, 0.6) is 11.5 Å². The summed E-state index contributed by atoms with van der Waals surface area (Å²) in [5.41, 5.74) is 0.408. The van der Waals surface area contributed by atoms with E-state index in [4.69, 9.17) is 0 Å². The van der Waals surface area contributed by atoms with Gasteiger partial charge in [0.25, 0.3) is 5.91 Å². The molecule has 0 saturated carbocycles. The van der Waals surface area contributed by atoms with E-state index in [-0.39, 0.29) is 23.4 Å². The fourth-order valence-electron chi connectivity index (χ4n) is 2.01. The quantitative estimate of drug-likeness (QED) is 0.695. The molecule has 1 heterocycles. The van der Waals surface area contributed by atoms with Gasteiger partial charge in [-0.25, -0.2) is 0 Å². The van der Waals surface area contributed by atoms with Gasteiger partial charge in [-0.3, -0.25) is 4.79 Å². The predicted octanol–water partition coefficient (Wildman–Crippen LogP) is 0.922. The molecule has 1 aromatic rings. The van der Waals surface area contributed by atoms with Gasteiger partial charge in [0.15, 0.2) is 11.5 Å². The SMILES string of the molecule is CCCN(C(=O)c1ccc(O)c(O)c1)C1CNC1. The van der Waals surface area contributed by atoms with Crippen LogP contribution >= 0.6 is 0 Å². The molecule has 5 nitrogen and oxygen atoms in total. The lowest BCUT2D eigenvalue weighted by Gasteiger charge is -2.38. The Bertz CT molecular complexity index is 444. The minimum absolute atomic E-state index is 0.0985. The number of carbonyl (C=O) groups excluding carboxylic acids is 1. The van der Waals surface area contributed by atoms with Crippen LogP contribution in [0.3, 0.4) is 0 Å². The van der Waals surface area contributed by atoms with E-state index in [1.165, 1.54) is 18.2 Å². The molecule has 3 N–H and O–H groups in total. The lowest BCUT2D eigenvalue weighted by atomic mass is 10.1. The number of rotatable bonds is 4. The maximum Gasteiger partial charge on any atom is 0.254 e. The lowest BCUT2D eigenvalue weighted by molar-refractivity contribution is 0.0615. The largest absolute Gasteiger partial charge is 0.504 e. The number of phenolic OH excluding ortho intramolecular Hbond substituents is 2. The van der Waals surface area contributed by atoms with Crippen molar-refractivity contribution in [1.82, 2.24) is 10.2 Å². The number of phenols is 2. The molecule has 1 aromatic carbocycles. The van der Waals surface area contributed by atoms with Gasteiger partial charge in [0.2, 0.25) is 0 Å². The summed E-state index contributed by atoms with van der Waals surface area (Å²) < 4.78 is 0. The molecule has 2 rings (SSSR count). The number of benzene rings is 1. The van der Waals surface area contributed by atoms with Gasteiger partial charge in [-0.1, -0.05) is 6.92 Å². The Morgan fingerprint density at radius 1 is 1.39 bits per heavy atom. The second-order valence-corrected chi connectivity index (χ2v) is 4.51. The third kappa shape index (κ3) is 2.41. The molecule has 98 valence electrons. The first-order chi connectivity index (χ1) is 8.63. The third-order valence-electron chi connectivity index (χ3n) is 3.15. The van der Waals surface area contributed by atoms with E-state index in [0.717, 1.165) is 19.5 Å². The first-order valence-electron chi connectivity index (χ1n) is 6.17. The van der Waals surface area contributed by atoms with Crippen molar-refractivity contribution < 1.29 is 15.0 Å². The van der Waals surface area contributed by atoms with Crippen LogP contribution in [0.15, 0.2) is 18.2 Å². The van der Waals surface area contributed by atoms with Gasteiger partial charge >= 0.3 is 0 Å². The minimum Gasteiger partial charge on any atom is -0.504 e. The summed E-state index contributed by atoms with van der Waals surface area (Å²) in [6.45, 7) is 4.36. The smallest absolute Gasteiger partial charge is 0.254 e. The highest BCUT2D eigenvalue weighted by Gasteiger charge is 2.28. The van der Waals surface area contributed by atoms with E-state index >= 15 is 0 Å². The maximum absolute atomic E-state index is 12.3. The zero-order valence-corrected chi connectivity index (χ0v) is 10.4. The van der Waals surface area contributed by atoms with Crippen molar-refractivity contribution in [1.29, 1.82) is 0 Å². The van der Waals surface area contributed by atoms with E-state index < -0.39 is 0 Å². The van der Waals surface area contributed by atoms with Crippen LogP contribution in [0.2, 0.25) is 0 Å². The summed E-state index contributed by atoms with van der Waals surface area (Å²) in [4.78, 5) is 14.2. The summed E-state index contributed by atoms with van der Waals surface area (Å²) in [5, 5.41) is 21.8. The molecule has 18 heavy (non-hydrogen) atoms. The molecule has 0 atom stereocenters. The standard InChI is InChI=1S/C13H18N2O3/c1-2-5-15(10-7-14-8-10)13(18)9-3-4-11(16)12(17)6-9/h3-4,6,10,14,16-17H,2,5,7-8H2,1H3. The summed E-state index contributed by atoms with van der Waals surface area (Å²) in [7, 11) is 0. The predicted molar refractivity (Wildman–Crippen MR) is 67.8 cm³/mol. The molecule has 1 saturated heterocycles. The molecular weight excluding hydrogens is 232 g/mol. The average molecular weight is 250 g/mol. The van der Waals surface area contributed by atoms with Crippen molar-refractivity contribution in [3.8, 4) is 11.5 Å². The van der Waals surface area contributed by atoms with Gasteiger partial charge in [0, 0.05) is 25.2 Å². The van der Waals surface area contributed by atoms with Crippen LogP contribution in [0.4, 0.5) is 0 Å². The van der Waals surface area contributed by atoms with E-state index in [2.05, 4.69) is 5.32 Å². The monoisotopic (exact) mass is 250 g/mol. The molecule has 1 aliphatic rings. The Balaban J connectivity index is 2.18. The number of aromatic hydroxyl groups is 2. The summed E-state index contributed by atoms with van der Waals surface area (Å²) in [6, 6.07) is 4.41. The van der Waals surface area contributed by atoms with Gasteiger partial charge < -0.3 is 20.4 Å². The number of nitrogens with one attached hydrogen (secondary N) is 1. The molecule has 0 spiro atoms. The fraction of sp³-hybridized carbons (Fsp3) is 0.462. The third-order valence-corrected chi connectivity index (χ3v) is 3.15. The van der Waals surface area contributed by atoms with Crippen molar-refractivity contribution >= 4 is 5.91 Å². The second-order valence-electron chi connectivity index (χ2n) is 4.51. The minimum atomic E-state index is -0.260. The first kappa shape index (κ1) is 12.7. The second kappa shape index (κ2) is 5.27. The van der Waals surface area contributed by atoms with Crippen molar-refractivity contribution in [3.63, 3.8) is 0 Å². The zero-order chi connectivity index (χ0) is 13.1. The molecule has 1 aliphatic heterocycles. The molecule has 1 amide bonds. The highest BCUT2D eigenvalue weighted by molar-refractivity contribution is 5.95. The van der Waals surface area contributed by atoms with E-state index in [9.17, 15) is 15.0 Å². The van der Waals surface area contributed by atoms with Crippen LogP contribution < -0.4 is 5.32 Å². The lowest BCUT2D eigenvalue weighted by Crippen LogP contribution is -2.59. The summed E-state index contributed by atoms with van der Waals surface area (Å²) in [6.07, 6.45) is 0.895. The highest BCUT2D eigenvalue weighted by atomic mass is 16.3. The van der Waals surface area contributed by atoms with Crippen molar-refractivity contribution in [2.24, 2.45) is 0 Å². The van der Waals surface area contributed by atoms with E-state index in [0.29, 0.717) is 12.1 Å². The molecule has 1 fully saturated rings. The van der Waals surface area contributed by atoms with Gasteiger partial charge in [-0.2, -0.15) is 0 Å². The highest BCUT2D eigenvalue weighted by Crippen LogP contribution is 2.26. The summed E-state index contributed by atoms with van der Waals surface area (Å²) in [5.74, 6) is -0.568. The summed E-state index contributed by atoms with van der Waals surface area (Å²) >= 11 is 0. The van der Waals surface area contributed by atoms with Crippen molar-refractivity contribution in [3.05, 3.63) is 23.8 Å². The van der Waals surface area contributed by atoms with Crippen LogP contribution in [0, 0.1) is 0 Å². The molecular formula is C13H18N2O3. The van der Waals surface area contributed by atoms with Gasteiger partial charge in [-0.15, -0.1) is 0 Å². The van der Waals surface area contributed by atoms with Crippen molar-refractivity contribution in [2.45, 2.75) is 19.4 Å². The average Bonchev–Trinajstić information content (AvgIpc) is 2.29. The maximum atomic E-state index is 12.3. The number of hydrogen-bond donors (Lipinski definition) is 3. The van der Waals surface area contributed by atoms with Gasteiger partial charge in [0.1, 0.15) is 0 Å². The Labute approximate surface area is 106 Å².